The second-order valence-electron chi connectivity index (χ2n) is 7.83. The summed E-state index contributed by atoms with van der Waals surface area (Å²) in [4.78, 5) is 15.9. The highest BCUT2D eigenvalue weighted by molar-refractivity contribution is 5.89. The molecule has 1 aliphatic carbocycles. The van der Waals surface area contributed by atoms with Crippen LogP contribution in [0.15, 0.2) is 42.6 Å². The minimum absolute atomic E-state index is 0.349. The van der Waals surface area contributed by atoms with Gasteiger partial charge in [-0.2, -0.15) is 0 Å². The third-order valence-corrected chi connectivity index (χ3v) is 5.78. The molecule has 0 saturated heterocycles. The quantitative estimate of drug-likeness (QED) is 0.523. The van der Waals surface area contributed by atoms with Crippen LogP contribution >= 0.6 is 0 Å². The van der Waals surface area contributed by atoms with E-state index >= 15 is 0 Å². The Kier molecular flexibility index (Phi) is 7.07. The highest BCUT2D eigenvalue weighted by Gasteiger charge is 2.28. The summed E-state index contributed by atoms with van der Waals surface area (Å²) in [5.41, 5.74) is 1.84. The minimum Gasteiger partial charge on any atom is -0.462 e. The summed E-state index contributed by atoms with van der Waals surface area (Å²) in [5, 5.41) is 0. The van der Waals surface area contributed by atoms with E-state index in [0.29, 0.717) is 24.0 Å². The van der Waals surface area contributed by atoms with E-state index in [-0.39, 0.29) is 5.97 Å². The molecule has 150 valence electrons. The maximum absolute atomic E-state index is 11.7. The Morgan fingerprint density at radius 2 is 1.89 bits per heavy atom. The van der Waals surface area contributed by atoms with Gasteiger partial charge in [-0.1, -0.05) is 45.2 Å². The molecule has 2 aromatic rings. The molecule has 0 aliphatic heterocycles. The van der Waals surface area contributed by atoms with Crippen LogP contribution in [0.3, 0.4) is 0 Å². The van der Waals surface area contributed by atoms with Gasteiger partial charge in [0.25, 0.3) is 0 Å². The smallest absolute Gasteiger partial charge is 0.339 e. The SMILES string of the molecule is CCCC1CCC(C)C(c2ccc(Oc3ccc(C(=O)OCC)cn3)cc2)C1. The Hall–Kier alpha value is -2.36. The van der Waals surface area contributed by atoms with Gasteiger partial charge in [-0.25, -0.2) is 9.78 Å². The van der Waals surface area contributed by atoms with E-state index in [1.807, 2.05) is 12.1 Å². The van der Waals surface area contributed by atoms with E-state index in [9.17, 15) is 4.79 Å². The first-order valence-corrected chi connectivity index (χ1v) is 10.5. The van der Waals surface area contributed by atoms with Crippen molar-refractivity contribution < 1.29 is 14.3 Å². The summed E-state index contributed by atoms with van der Waals surface area (Å²) in [7, 11) is 0. The van der Waals surface area contributed by atoms with Crippen molar-refractivity contribution in [3.8, 4) is 11.6 Å². The Morgan fingerprint density at radius 3 is 2.54 bits per heavy atom. The molecule has 4 heteroatoms. The summed E-state index contributed by atoms with van der Waals surface area (Å²) < 4.78 is 10.8. The molecule has 28 heavy (non-hydrogen) atoms. The van der Waals surface area contributed by atoms with Gasteiger partial charge in [0.15, 0.2) is 0 Å². The van der Waals surface area contributed by atoms with Crippen LogP contribution in [-0.4, -0.2) is 17.6 Å². The Labute approximate surface area is 168 Å². The van der Waals surface area contributed by atoms with Crippen LogP contribution in [0.25, 0.3) is 0 Å². The van der Waals surface area contributed by atoms with Crippen molar-refractivity contribution in [3.63, 3.8) is 0 Å². The number of nitrogens with zero attached hydrogens (tertiary/aromatic N) is 1. The average Bonchev–Trinajstić information content (AvgIpc) is 2.71. The van der Waals surface area contributed by atoms with E-state index in [1.54, 1.807) is 19.1 Å². The maximum atomic E-state index is 11.7. The average molecular weight is 382 g/mol. The molecular weight excluding hydrogens is 350 g/mol. The number of esters is 1. The molecular formula is C24H31NO3. The predicted octanol–water partition coefficient (Wildman–Crippen LogP) is 6.37. The second-order valence-corrected chi connectivity index (χ2v) is 7.83. The fraction of sp³-hybridized carbons (Fsp3) is 0.500. The zero-order chi connectivity index (χ0) is 19.9. The fourth-order valence-electron chi connectivity index (χ4n) is 4.22. The van der Waals surface area contributed by atoms with Crippen molar-refractivity contribution in [1.82, 2.24) is 4.98 Å². The van der Waals surface area contributed by atoms with Gasteiger partial charge in [-0.05, 0) is 61.3 Å². The summed E-state index contributed by atoms with van der Waals surface area (Å²) >= 11 is 0. The molecule has 3 unspecified atom stereocenters. The monoisotopic (exact) mass is 381 g/mol. The molecule has 1 fully saturated rings. The summed E-state index contributed by atoms with van der Waals surface area (Å²) in [6.45, 7) is 6.80. The predicted molar refractivity (Wildman–Crippen MR) is 111 cm³/mol. The van der Waals surface area contributed by atoms with Crippen molar-refractivity contribution in [2.45, 2.75) is 58.8 Å². The highest BCUT2D eigenvalue weighted by atomic mass is 16.5. The van der Waals surface area contributed by atoms with Crippen LogP contribution in [0.1, 0.15) is 74.7 Å². The molecule has 0 bridgehead atoms. The first kappa shape index (κ1) is 20.4. The lowest BCUT2D eigenvalue weighted by Gasteiger charge is -2.34. The number of ether oxygens (including phenoxy) is 2. The fourth-order valence-corrected chi connectivity index (χ4v) is 4.22. The van der Waals surface area contributed by atoms with Crippen LogP contribution in [0.4, 0.5) is 0 Å². The van der Waals surface area contributed by atoms with Crippen molar-refractivity contribution in [2.24, 2.45) is 11.8 Å². The van der Waals surface area contributed by atoms with E-state index in [4.69, 9.17) is 9.47 Å². The van der Waals surface area contributed by atoms with Crippen LogP contribution in [0.2, 0.25) is 0 Å². The molecule has 3 atom stereocenters. The zero-order valence-corrected chi connectivity index (χ0v) is 17.2. The van der Waals surface area contributed by atoms with Crippen LogP contribution < -0.4 is 4.74 Å². The normalized spacial score (nSPS) is 21.9. The van der Waals surface area contributed by atoms with Gasteiger partial charge in [0.05, 0.1) is 12.2 Å². The van der Waals surface area contributed by atoms with E-state index < -0.39 is 0 Å². The number of aromatic nitrogens is 1. The topological polar surface area (TPSA) is 48.4 Å². The third-order valence-electron chi connectivity index (χ3n) is 5.78. The number of rotatable bonds is 7. The third kappa shape index (κ3) is 5.12. The highest BCUT2D eigenvalue weighted by Crippen LogP contribution is 2.42. The number of pyridine rings is 1. The van der Waals surface area contributed by atoms with E-state index in [0.717, 1.165) is 17.6 Å². The standard InChI is InChI=1S/C24H31NO3/c1-4-6-18-8-7-17(3)22(15-18)19-9-12-21(13-10-19)28-23-14-11-20(16-25-23)24(26)27-5-2/h9-14,16-18,22H,4-8,15H2,1-3H3. The van der Waals surface area contributed by atoms with Gasteiger partial charge < -0.3 is 9.47 Å². The van der Waals surface area contributed by atoms with Crippen LogP contribution in [0, 0.1) is 11.8 Å². The molecule has 3 rings (SSSR count). The summed E-state index contributed by atoms with van der Waals surface area (Å²) in [6, 6.07) is 11.8. The maximum Gasteiger partial charge on any atom is 0.339 e. The Bertz CT molecular complexity index is 754. The summed E-state index contributed by atoms with van der Waals surface area (Å²) in [6.07, 6.45) is 8.11. The Morgan fingerprint density at radius 1 is 1.11 bits per heavy atom. The number of hydrogen-bond donors (Lipinski definition) is 0. The zero-order valence-electron chi connectivity index (χ0n) is 17.2. The van der Waals surface area contributed by atoms with Gasteiger partial charge in [0.1, 0.15) is 5.75 Å². The molecule has 1 heterocycles. The van der Waals surface area contributed by atoms with Gasteiger partial charge in [0, 0.05) is 12.3 Å². The van der Waals surface area contributed by atoms with Crippen LogP contribution in [0.5, 0.6) is 11.6 Å². The van der Waals surface area contributed by atoms with Gasteiger partial charge in [0.2, 0.25) is 5.88 Å². The largest absolute Gasteiger partial charge is 0.462 e. The van der Waals surface area contributed by atoms with Gasteiger partial charge >= 0.3 is 5.97 Å². The lowest BCUT2D eigenvalue weighted by Crippen LogP contribution is -2.21. The summed E-state index contributed by atoms with van der Waals surface area (Å²) in [5.74, 6) is 3.10. The second kappa shape index (κ2) is 9.72. The van der Waals surface area contributed by atoms with Crippen molar-refractivity contribution in [3.05, 3.63) is 53.7 Å². The number of benzene rings is 1. The lowest BCUT2D eigenvalue weighted by atomic mass is 9.71. The molecule has 4 nitrogen and oxygen atoms in total. The first-order chi connectivity index (χ1) is 13.6. The number of carbonyl (C=O) groups excluding carboxylic acids is 1. The molecule has 1 aromatic carbocycles. The van der Waals surface area contributed by atoms with Crippen molar-refractivity contribution in [1.29, 1.82) is 0 Å². The molecule has 1 saturated carbocycles. The van der Waals surface area contributed by atoms with E-state index in [1.165, 1.54) is 43.9 Å². The van der Waals surface area contributed by atoms with Gasteiger partial charge in [-0.3, -0.25) is 0 Å². The molecule has 0 N–H and O–H groups in total. The number of hydrogen-bond acceptors (Lipinski definition) is 4. The first-order valence-electron chi connectivity index (χ1n) is 10.5. The lowest BCUT2D eigenvalue weighted by molar-refractivity contribution is 0.0526. The molecule has 1 aromatic heterocycles. The molecule has 0 amide bonds. The van der Waals surface area contributed by atoms with Crippen molar-refractivity contribution in [2.75, 3.05) is 6.61 Å². The Balaban J connectivity index is 1.63. The number of carbonyl (C=O) groups is 1. The molecule has 0 radical (unpaired) electrons. The van der Waals surface area contributed by atoms with Crippen LogP contribution in [-0.2, 0) is 4.74 Å². The van der Waals surface area contributed by atoms with Crippen molar-refractivity contribution >= 4 is 5.97 Å². The van der Waals surface area contributed by atoms with E-state index in [2.05, 4.69) is 31.0 Å². The molecule has 1 aliphatic rings. The minimum atomic E-state index is -0.367. The van der Waals surface area contributed by atoms with Gasteiger partial charge in [-0.15, -0.1) is 0 Å². The molecule has 0 spiro atoms.